The molecule has 0 aromatic heterocycles. The molecule has 0 saturated carbocycles. The number of rotatable bonds is 4. The Balaban J connectivity index is 1.67. The number of hydrogen-bond donors (Lipinski definition) is 0. The second kappa shape index (κ2) is 7.50. The van der Waals surface area contributed by atoms with Gasteiger partial charge in [0.15, 0.2) is 9.84 Å². The number of carbonyl (C=O) groups excluding carboxylic acids is 1. The van der Waals surface area contributed by atoms with Crippen molar-refractivity contribution >= 4 is 37.4 Å². The van der Waals surface area contributed by atoms with Crippen molar-refractivity contribution in [3.8, 4) is 5.75 Å². The third-order valence-electron chi connectivity index (χ3n) is 5.37. The molecule has 6 nitrogen and oxygen atoms in total. The highest BCUT2D eigenvalue weighted by Gasteiger charge is 2.49. The molecule has 2 fully saturated rings. The van der Waals surface area contributed by atoms with Gasteiger partial charge in [-0.2, -0.15) is 0 Å². The van der Waals surface area contributed by atoms with Crippen molar-refractivity contribution in [2.45, 2.75) is 18.6 Å². The fraction of sp³-hybridized carbons (Fsp3) is 0.350. The van der Waals surface area contributed by atoms with Crippen molar-refractivity contribution in [3.05, 3.63) is 58.6 Å². The highest BCUT2D eigenvalue weighted by Crippen LogP contribution is 2.33. The quantitative estimate of drug-likeness (QED) is 0.694. The van der Waals surface area contributed by atoms with Crippen LogP contribution in [-0.4, -0.2) is 56.5 Å². The molecule has 0 bridgehead atoms. The molecule has 0 spiro atoms. The van der Waals surface area contributed by atoms with Gasteiger partial charge in [-0.15, -0.1) is 0 Å². The van der Waals surface area contributed by atoms with E-state index in [0.717, 1.165) is 21.5 Å². The fourth-order valence-corrected chi connectivity index (χ4v) is 6.37. The largest absolute Gasteiger partial charge is 0.496 e. The van der Waals surface area contributed by atoms with E-state index < -0.39 is 9.84 Å². The van der Waals surface area contributed by atoms with Gasteiger partial charge in [0.2, 0.25) is 5.91 Å². The molecule has 0 radical (unpaired) electrons. The molecule has 2 aliphatic heterocycles. The van der Waals surface area contributed by atoms with Gasteiger partial charge < -0.3 is 9.64 Å². The lowest BCUT2D eigenvalue weighted by atomic mass is 10.0. The summed E-state index contributed by atoms with van der Waals surface area (Å²) >= 11 is 3.40. The van der Waals surface area contributed by atoms with Crippen LogP contribution in [-0.2, 0) is 21.2 Å². The topological polar surface area (TPSA) is 66.9 Å². The summed E-state index contributed by atoms with van der Waals surface area (Å²) in [6, 6.07) is 14.4. The Morgan fingerprint density at radius 2 is 1.75 bits per heavy atom. The molecule has 4 rings (SSSR count). The number of amides is 1. The summed E-state index contributed by atoms with van der Waals surface area (Å²) < 4.78 is 31.3. The number of carbonyl (C=O) groups is 1. The monoisotopic (exact) mass is 464 g/mol. The molecule has 1 amide bonds. The first-order valence-electron chi connectivity index (χ1n) is 9.02. The average Bonchev–Trinajstić information content (AvgIpc) is 2.98. The number of piperazine rings is 1. The van der Waals surface area contributed by atoms with Gasteiger partial charge in [-0.05, 0) is 30.3 Å². The lowest BCUT2D eigenvalue weighted by Gasteiger charge is -2.43. The Bertz CT molecular complexity index is 994. The van der Waals surface area contributed by atoms with Crippen molar-refractivity contribution < 1.29 is 17.9 Å². The highest BCUT2D eigenvalue weighted by atomic mass is 79.9. The van der Waals surface area contributed by atoms with Crippen LogP contribution in [0.25, 0.3) is 0 Å². The highest BCUT2D eigenvalue weighted by molar-refractivity contribution is 9.10. The molecular weight excluding hydrogens is 444 g/mol. The minimum Gasteiger partial charge on any atom is -0.496 e. The van der Waals surface area contributed by atoms with Crippen LogP contribution < -0.4 is 9.64 Å². The van der Waals surface area contributed by atoms with E-state index in [-0.39, 0.29) is 36.0 Å². The van der Waals surface area contributed by atoms with E-state index in [1.165, 1.54) is 0 Å². The number of ether oxygens (including phenoxy) is 1. The number of nitrogens with zero attached hydrogens (tertiary/aromatic N) is 2. The molecule has 2 aromatic carbocycles. The van der Waals surface area contributed by atoms with Crippen LogP contribution >= 0.6 is 15.9 Å². The van der Waals surface area contributed by atoms with E-state index >= 15 is 0 Å². The minimum absolute atomic E-state index is 0.0120. The van der Waals surface area contributed by atoms with Crippen LogP contribution in [0.1, 0.15) is 5.56 Å². The zero-order valence-electron chi connectivity index (χ0n) is 15.4. The molecule has 0 aliphatic carbocycles. The minimum atomic E-state index is -3.22. The second-order valence-corrected chi connectivity index (χ2v) is 10.2. The van der Waals surface area contributed by atoms with Crippen LogP contribution in [0, 0.1) is 0 Å². The van der Waals surface area contributed by atoms with Crippen LogP contribution in [0.2, 0.25) is 0 Å². The first-order valence-corrected chi connectivity index (χ1v) is 11.6. The van der Waals surface area contributed by atoms with E-state index in [1.54, 1.807) is 12.0 Å². The SMILES string of the molecule is COc1ccccc1CN1CC(=O)N(c2ccc(Br)cc2)C2CS(=O)(=O)CC21. The van der Waals surface area contributed by atoms with Crippen LogP contribution in [0.5, 0.6) is 5.75 Å². The number of methoxy groups -OCH3 is 1. The first kappa shape index (κ1) is 19.4. The normalized spacial score (nSPS) is 24.2. The Morgan fingerprint density at radius 3 is 2.46 bits per heavy atom. The molecule has 28 heavy (non-hydrogen) atoms. The molecule has 0 N–H and O–H groups in total. The maximum absolute atomic E-state index is 13.0. The third-order valence-corrected chi connectivity index (χ3v) is 7.60. The molecule has 148 valence electrons. The molecule has 2 atom stereocenters. The number of fused-ring (bicyclic) bond motifs is 1. The van der Waals surface area contributed by atoms with E-state index in [9.17, 15) is 13.2 Å². The Morgan fingerprint density at radius 1 is 1.07 bits per heavy atom. The fourth-order valence-electron chi connectivity index (χ4n) is 4.12. The maximum atomic E-state index is 13.0. The molecule has 2 aromatic rings. The summed E-state index contributed by atoms with van der Waals surface area (Å²) in [6.45, 7) is 0.644. The number of para-hydroxylation sites is 1. The summed E-state index contributed by atoms with van der Waals surface area (Å²) in [4.78, 5) is 16.7. The van der Waals surface area contributed by atoms with Crippen LogP contribution in [0.15, 0.2) is 53.0 Å². The molecule has 2 unspecified atom stereocenters. The Kier molecular flexibility index (Phi) is 5.20. The van der Waals surface area contributed by atoms with Gasteiger partial charge in [0.1, 0.15) is 5.75 Å². The van der Waals surface area contributed by atoms with Crippen LogP contribution in [0.3, 0.4) is 0 Å². The standard InChI is InChI=1S/C20H21BrN2O4S/c1-27-19-5-3-2-4-14(19)10-22-11-20(24)23(16-8-6-15(21)7-9-16)18-13-28(25,26)12-17(18)22/h2-9,17-18H,10-13H2,1H3. The Hall–Kier alpha value is -1.90. The van der Waals surface area contributed by atoms with Crippen molar-refractivity contribution in [2.75, 3.05) is 30.1 Å². The summed E-state index contributed by atoms with van der Waals surface area (Å²) in [5.41, 5.74) is 1.68. The zero-order valence-corrected chi connectivity index (χ0v) is 17.8. The lowest BCUT2D eigenvalue weighted by molar-refractivity contribution is -0.123. The van der Waals surface area contributed by atoms with Crippen molar-refractivity contribution in [3.63, 3.8) is 0 Å². The van der Waals surface area contributed by atoms with Gasteiger partial charge in [-0.3, -0.25) is 9.69 Å². The predicted octanol–water partition coefficient (Wildman–Crippen LogP) is 2.47. The summed E-state index contributed by atoms with van der Waals surface area (Å²) in [5, 5.41) is 0. The van der Waals surface area contributed by atoms with Crippen molar-refractivity contribution in [1.29, 1.82) is 0 Å². The second-order valence-electron chi connectivity index (χ2n) is 7.17. The van der Waals surface area contributed by atoms with Crippen molar-refractivity contribution in [1.82, 2.24) is 4.90 Å². The van der Waals surface area contributed by atoms with Crippen LogP contribution in [0.4, 0.5) is 5.69 Å². The molecule has 2 aliphatic rings. The smallest absolute Gasteiger partial charge is 0.241 e. The lowest BCUT2D eigenvalue weighted by Crippen LogP contribution is -2.61. The van der Waals surface area contributed by atoms with Gasteiger partial charge in [0.05, 0.1) is 31.2 Å². The first-order chi connectivity index (χ1) is 13.4. The van der Waals surface area contributed by atoms with E-state index in [1.807, 2.05) is 53.4 Å². The molecule has 2 heterocycles. The van der Waals surface area contributed by atoms with E-state index in [4.69, 9.17) is 4.74 Å². The van der Waals surface area contributed by atoms with E-state index in [0.29, 0.717) is 6.54 Å². The Labute approximate surface area is 173 Å². The number of anilines is 1. The summed E-state index contributed by atoms with van der Waals surface area (Å²) in [5.74, 6) is 0.702. The number of halogens is 1. The van der Waals surface area contributed by atoms with Gasteiger partial charge in [-0.25, -0.2) is 8.42 Å². The maximum Gasteiger partial charge on any atom is 0.241 e. The van der Waals surface area contributed by atoms with E-state index in [2.05, 4.69) is 15.9 Å². The van der Waals surface area contributed by atoms with Gasteiger partial charge >= 0.3 is 0 Å². The number of benzene rings is 2. The molecular formula is C20H21BrN2O4S. The summed E-state index contributed by atoms with van der Waals surface area (Å²) in [7, 11) is -1.61. The number of hydrogen-bond acceptors (Lipinski definition) is 5. The molecule has 2 saturated heterocycles. The summed E-state index contributed by atoms with van der Waals surface area (Å²) in [6.07, 6.45) is 0. The molecule has 8 heteroatoms. The number of sulfone groups is 1. The van der Waals surface area contributed by atoms with Gasteiger partial charge in [-0.1, -0.05) is 34.1 Å². The van der Waals surface area contributed by atoms with Gasteiger partial charge in [0.25, 0.3) is 0 Å². The third kappa shape index (κ3) is 3.68. The van der Waals surface area contributed by atoms with Gasteiger partial charge in [0, 0.05) is 28.3 Å². The predicted molar refractivity (Wildman–Crippen MR) is 111 cm³/mol. The zero-order chi connectivity index (χ0) is 19.9. The van der Waals surface area contributed by atoms with Crippen molar-refractivity contribution in [2.24, 2.45) is 0 Å². The average molecular weight is 465 g/mol.